The number of hydrogen-bond donors (Lipinski definition) is 2. The van der Waals surface area contributed by atoms with Crippen LogP contribution in [0.15, 0.2) is 67.0 Å². The lowest BCUT2D eigenvalue weighted by Gasteiger charge is -2.16. The van der Waals surface area contributed by atoms with Crippen molar-refractivity contribution >= 4 is 39.9 Å². The Morgan fingerprint density at radius 3 is 2.41 bits per heavy atom. The Labute approximate surface area is 230 Å². The number of carbonyl (C=O) groups is 2. The van der Waals surface area contributed by atoms with Crippen LogP contribution in [0.1, 0.15) is 18.4 Å². The van der Waals surface area contributed by atoms with Gasteiger partial charge in [0.2, 0.25) is 11.8 Å². The third-order valence-corrected chi connectivity index (χ3v) is 6.93. The van der Waals surface area contributed by atoms with Gasteiger partial charge < -0.3 is 24.8 Å². The predicted octanol–water partition coefficient (Wildman–Crippen LogP) is 5.17. The summed E-state index contributed by atoms with van der Waals surface area (Å²) in [6, 6.07) is 16.5. The summed E-state index contributed by atoms with van der Waals surface area (Å²) in [6.07, 6.45) is 4.07. The van der Waals surface area contributed by atoms with Crippen LogP contribution in [-0.2, 0) is 16.1 Å². The highest BCUT2D eigenvalue weighted by Gasteiger charge is 2.55. The van der Waals surface area contributed by atoms with Gasteiger partial charge >= 0.3 is 0 Å². The molecule has 39 heavy (non-hydrogen) atoms. The van der Waals surface area contributed by atoms with Gasteiger partial charge in [-0.1, -0.05) is 41.9 Å². The average molecular weight is 547 g/mol. The Balaban J connectivity index is 1.25. The second-order valence-electron chi connectivity index (χ2n) is 9.20. The molecule has 0 atom stereocenters. The second-order valence-corrected chi connectivity index (χ2v) is 9.60. The van der Waals surface area contributed by atoms with Crippen molar-refractivity contribution in [2.75, 3.05) is 26.1 Å². The molecule has 1 saturated carbocycles. The summed E-state index contributed by atoms with van der Waals surface area (Å²) in [5.41, 5.74) is 1.06. The van der Waals surface area contributed by atoms with Gasteiger partial charge in [-0.05, 0) is 36.6 Å². The zero-order valence-electron chi connectivity index (χ0n) is 21.5. The van der Waals surface area contributed by atoms with E-state index in [4.69, 9.17) is 25.8 Å². The molecule has 0 saturated heterocycles. The van der Waals surface area contributed by atoms with E-state index in [-0.39, 0.29) is 29.1 Å². The summed E-state index contributed by atoms with van der Waals surface area (Å²) in [7, 11) is 3.10. The summed E-state index contributed by atoms with van der Waals surface area (Å²) < 4.78 is 16.7. The predicted molar refractivity (Wildman–Crippen MR) is 148 cm³/mol. The largest absolute Gasteiger partial charge is 0.493 e. The van der Waals surface area contributed by atoms with Crippen molar-refractivity contribution in [3.8, 4) is 23.1 Å². The maximum atomic E-state index is 13.0. The molecule has 1 aliphatic carbocycles. The lowest BCUT2D eigenvalue weighted by Crippen LogP contribution is -2.37. The number of carbonyl (C=O) groups excluding carboxylic acids is 2. The molecule has 0 aliphatic heterocycles. The molecule has 0 radical (unpaired) electrons. The number of rotatable bonds is 11. The first-order valence-corrected chi connectivity index (χ1v) is 12.7. The van der Waals surface area contributed by atoms with Crippen molar-refractivity contribution in [2.45, 2.75) is 19.4 Å². The van der Waals surface area contributed by atoms with E-state index >= 15 is 0 Å². The molecule has 10 heteroatoms. The first-order chi connectivity index (χ1) is 18.9. The molecule has 5 rings (SSSR count). The molecule has 0 spiro atoms. The number of fused-ring (bicyclic) bond motifs is 1. The number of anilines is 1. The van der Waals surface area contributed by atoms with Gasteiger partial charge in [0, 0.05) is 24.2 Å². The van der Waals surface area contributed by atoms with Crippen molar-refractivity contribution in [1.82, 2.24) is 15.3 Å². The molecule has 0 unspecified atom stereocenters. The Morgan fingerprint density at radius 2 is 1.72 bits per heavy atom. The number of aromatic nitrogens is 2. The van der Waals surface area contributed by atoms with Gasteiger partial charge in [-0.25, -0.2) is 4.98 Å². The van der Waals surface area contributed by atoms with Crippen LogP contribution in [-0.4, -0.2) is 42.4 Å². The zero-order chi connectivity index (χ0) is 27.4. The lowest BCUT2D eigenvalue weighted by molar-refractivity contribution is -0.132. The minimum atomic E-state index is -1.03. The Morgan fingerprint density at radius 1 is 0.974 bits per heavy atom. The molecule has 1 fully saturated rings. The first-order valence-electron chi connectivity index (χ1n) is 12.4. The van der Waals surface area contributed by atoms with Crippen molar-refractivity contribution in [2.24, 2.45) is 5.41 Å². The summed E-state index contributed by atoms with van der Waals surface area (Å²) >= 11 is 6.46. The number of ketones is 1. The normalized spacial score (nSPS) is 13.5. The number of pyridine rings is 2. The van der Waals surface area contributed by atoms with E-state index in [9.17, 15) is 9.59 Å². The second kappa shape index (κ2) is 11.3. The first kappa shape index (κ1) is 26.4. The molecule has 0 bridgehead atoms. The van der Waals surface area contributed by atoms with E-state index in [1.54, 1.807) is 44.7 Å². The molecule has 2 N–H and O–H groups in total. The molecule has 2 aromatic heterocycles. The van der Waals surface area contributed by atoms with Crippen LogP contribution in [0.2, 0.25) is 5.02 Å². The van der Waals surface area contributed by atoms with Crippen molar-refractivity contribution in [3.05, 3.63) is 77.6 Å². The smallest absolute Gasteiger partial charge is 0.238 e. The number of halogens is 1. The van der Waals surface area contributed by atoms with Crippen molar-refractivity contribution < 1.29 is 23.8 Å². The number of hydrogen-bond acceptors (Lipinski definition) is 8. The number of ether oxygens (including phenoxy) is 3. The molecule has 200 valence electrons. The van der Waals surface area contributed by atoms with Crippen LogP contribution < -0.4 is 24.8 Å². The van der Waals surface area contributed by atoms with E-state index in [1.807, 2.05) is 30.3 Å². The highest BCUT2D eigenvalue weighted by atomic mass is 35.5. The third-order valence-electron chi connectivity index (χ3n) is 6.65. The molecular weight excluding hydrogens is 520 g/mol. The van der Waals surface area contributed by atoms with Gasteiger partial charge in [0.15, 0.2) is 17.3 Å². The van der Waals surface area contributed by atoms with Crippen molar-refractivity contribution in [1.29, 1.82) is 0 Å². The molecule has 9 nitrogen and oxygen atoms in total. The third kappa shape index (κ3) is 5.64. The average Bonchev–Trinajstić information content (AvgIpc) is 3.77. The fourth-order valence-electron chi connectivity index (χ4n) is 4.30. The quantitative estimate of drug-likeness (QED) is 0.248. The van der Waals surface area contributed by atoms with Gasteiger partial charge in [-0.3, -0.25) is 14.6 Å². The molecule has 1 amide bonds. The number of nitrogens with zero attached hydrogens (tertiary/aromatic N) is 2. The lowest BCUT2D eigenvalue weighted by atomic mass is 9.99. The zero-order valence-corrected chi connectivity index (χ0v) is 22.2. The number of methoxy groups -OCH3 is 2. The van der Waals surface area contributed by atoms with Gasteiger partial charge in [-0.2, -0.15) is 0 Å². The monoisotopic (exact) mass is 546 g/mol. The molecule has 2 aromatic carbocycles. The van der Waals surface area contributed by atoms with Gasteiger partial charge in [0.1, 0.15) is 16.2 Å². The summed E-state index contributed by atoms with van der Waals surface area (Å²) in [6.45, 7) is 0.670. The summed E-state index contributed by atoms with van der Waals surface area (Å²) in [5, 5.41) is 6.80. The van der Waals surface area contributed by atoms with Gasteiger partial charge in [-0.15, -0.1) is 0 Å². The number of Topliss-reactive ketones (excluding diaryl/α,β-unsaturated/α-hetero) is 1. The van der Waals surface area contributed by atoms with E-state index < -0.39 is 5.41 Å². The standard InChI is InChI=1S/C29H27ClN4O5/c1-37-24-13-20-22(14-25(24)38-2)32-11-8-23(20)39-27-21(30)12-19(16-33-27)34-28(36)29(9-10-29)26(35)17-31-15-18-6-4-3-5-7-18/h3-8,11-14,16,31H,9-10,15,17H2,1-2H3,(H,34,36). The van der Waals surface area contributed by atoms with E-state index in [0.29, 0.717) is 53.2 Å². The number of nitrogens with one attached hydrogen (secondary N) is 2. The highest BCUT2D eigenvalue weighted by Crippen LogP contribution is 2.47. The fourth-order valence-corrected chi connectivity index (χ4v) is 4.51. The van der Waals surface area contributed by atoms with Crippen LogP contribution in [0, 0.1) is 5.41 Å². The fraction of sp³-hybridized carbons (Fsp3) is 0.241. The Hall–Kier alpha value is -4.21. The van der Waals surface area contributed by atoms with Crippen LogP contribution in [0.25, 0.3) is 10.9 Å². The van der Waals surface area contributed by atoms with Crippen molar-refractivity contribution in [3.63, 3.8) is 0 Å². The maximum Gasteiger partial charge on any atom is 0.238 e. The molecule has 4 aromatic rings. The minimum Gasteiger partial charge on any atom is -0.493 e. The molecule has 1 aliphatic rings. The van der Waals surface area contributed by atoms with E-state index in [1.165, 1.54) is 6.20 Å². The number of amides is 1. The maximum absolute atomic E-state index is 13.0. The van der Waals surface area contributed by atoms with Crippen LogP contribution in [0.5, 0.6) is 23.1 Å². The van der Waals surface area contributed by atoms with Gasteiger partial charge in [0.05, 0.1) is 38.2 Å². The number of benzene rings is 2. The van der Waals surface area contributed by atoms with E-state index in [2.05, 4.69) is 20.6 Å². The van der Waals surface area contributed by atoms with Crippen LogP contribution >= 0.6 is 11.6 Å². The topological polar surface area (TPSA) is 112 Å². The van der Waals surface area contributed by atoms with Crippen LogP contribution in [0.3, 0.4) is 0 Å². The SMILES string of the molecule is COc1cc2nccc(Oc3ncc(NC(=O)C4(C(=O)CNCc5ccccc5)CC4)cc3Cl)c2cc1OC. The molecular formula is C29H27ClN4O5. The minimum absolute atomic E-state index is 0.116. The summed E-state index contributed by atoms with van der Waals surface area (Å²) in [5.74, 6) is 1.20. The Bertz CT molecular complexity index is 1530. The summed E-state index contributed by atoms with van der Waals surface area (Å²) in [4.78, 5) is 34.5. The Kier molecular flexibility index (Phi) is 7.63. The van der Waals surface area contributed by atoms with Gasteiger partial charge in [0.25, 0.3) is 0 Å². The molecule has 2 heterocycles. The van der Waals surface area contributed by atoms with E-state index in [0.717, 1.165) is 5.56 Å². The van der Waals surface area contributed by atoms with Crippen LogP contribution in [0.4, 0.5) is 5.69 Å². The highest BCUT2D eigenvalue weighted by molar-refractivity contribution is 6.32.